The maximum absolute atomic E-state index is 13.0. The second-order valence-corrected chi connectivity index (χ2v) is 9.07. The van der Waals surface area contributed by atoms with Crippen LogP contribution in [-0.4, -0.2) is 34.7 Å². The van der Waals surface area contributed by atoms with Crippen molar-refractivity contribution in [3.05, 3.63) is 39.4 Å². The summed E-state index contributed by atoms with van der Waals surface area (Å²) in [6.45, 7) is 9.52. The van der Waals surface area contributed by atoms with E-state index < -0.39 is 5.54 Å². The van der Waals surface area contributed by atoms with Crippen LogP contribution in [0.5, 0.6) is 0 Å². The molecule has 0 atom stereocenters. The van der Waals surface area contributed by atoms with Gasteiger partial charge in [-0.05, 0) is 44.9 Å². The number of carbonyl (C=O) groups excluding carboxylic acids is 2. The Kier molecular flexibility index (Phi) is 6.80. The van der Waals surface area contributed by atoms with Gasteiger partial charge in [-0.3, -0.25) is 14.5 Å². The van der Waals surface area contributed by atoms with Gasteiger partial charge in [-0.15, -0.1) is 11.8 Å². The summed E-state index contributed by atoms with van der Waals surface area (Å²) in [4.78, 5) is 27.9. The number of nitrogens with zero attached hydrogens (tertiary/aromatic N) is 1. The monoisotopic (exact) mass is 440 g/mol. The number of benzene rings is 1. The van der Waals surface area contributed by atoms with Crippen LogP contribution in [-0.2, 0) is 14.3 Å². The van der Waals surface area contributed by atoms with Gasteiger partial charge in [0.1, 0.15) is 16.2 Å². The first-order valence-electron chi connectivity index (χ1n) is 8.48. The molecule has 142 valence electrons. The zero-order chi connectivity index (χ0) is 19.5. The van der Waals surface area contributed by atoms with Gasteiger partial charge in [-0.25, -0.2) is 0 Å². The molecule has 1 aromatic rings. The molecule has 0 aliphatic carbocycles. The minimum absolute atomic E-state index is 0.0648. The highest BCUT2D eigenvalue weighted by Crippen LogP contribution is 2.32. The molecule has 2 rings (SSSR count). The van der Waals surface area contributed by atoms with E-state index in [0.29, 0.717) is 22.3 Å². The molecule has 1 heterocycles. The Balaban J connectivity index is 2.17. The van der Waals surface area contributed by atoms with Gasteiger partial charge >= 0.3 is 0 Å². The number of halogens is 1. The van der Waals surface area contributed by atoms with Crippen molar-refractivity contribution < 1.29 is 14.3 Å². The number of rotatable bonds is 6. The zero-order valence-corrected chi connectivity index (χ0v) is 18.2. The van der Waals surface area contributed by atoms with E-state index in [2.05, 4.69) is 35.1 Å². The summed E-state index contributed by atoms with van der Waals surface area (Å²) in [6.07, 6.45) is 0. The van der Waals surface area contributed by atoms with E-state index in [1.807, 2.05) is 18.2 Å². The molecule has 7 heteroatoms. The van der Waals surface area contributed by atoms with Crippen LogP contribution in [0.2, 0.25) is 0 Å². The third-order valence-corrected chi connectivity index (χ3v) is 6.12. The predicted molar refractivity (Wildman–Crippen MR) is 110 cm³/mol. The summed E-state index contributed by atoms with van der Waals surface area (Å²) in [7, 11) is 0. The summed E-state index contributed by atoms with van der Waals surface area (Å²) in [5.41, 5.74) is -0.382. The average Bonchev–Trinajstić information content (AvgIpc) is 2.54. The molecule has 1 aromatic carbocycles. The molecule has 26 heavy (non-hydrogen) atoms. The number of nitrogens with one attached hydrogen (secondary N) is 1. The molecule has 0 saturated carbocycles. The van der Waals surface area contributed by atoms with Crippen molar-refractivity contribution in [3.63, 3.8) is 0 Å². The van der Waals surface area contributed by atoms with Gasteiger partial charge in [-0.2, -0.15) is 0 Å². The van der Waals surface area contributed by atoms with Gasteiger partial charge < -0.3 is 10.1 Å². The molecular formula is C19H25BrN2O3S. The fourth-order valence-corrected chi connectivity index (χ4v) is 3.76. The van der Waals surface area contributed by atoms with E-state index in [1.54, 1.807) is 26.8 Å². The standard InChI is InChI=1S/C19H25BrN2O3S/c1-12(2)10-26-16-13(3)25-11-22(17(16)23)19(4,5)18(24)21-15-8-6-7-14(20)9-15/h6-9,12H,10-11H2,1-5H3,(H,21,24). The summed E-state index contributed by atoms with van der Waals surface area (Å²) in [5, 5.41) is 2.88. The number of hydrogen-bond acceptors (Lipinski definition) is 4. The van der Waals surface area contributed by atoms with Gasteiger partial charge in [0.25, 0.3) is 5.91 Å². The number of allylic oxidation sites excluding steroid dienone is 1. The molecule has 0 bridgehead atoms. The Labute approximate surface area is 167 Å². The lowest BCUT2D eigenvalue weighted by atomic mass is 10.0. The Morgan fingerprint density at radius 2 is 2.12 bits per heavy atom. The topological polar surface area (TPSA) is 58.6 Å². The number of amides is 2. The lowest BCUT2D eigenvalue weighted by Gasteiger charge is -2.40. The van der Waals surface area contributed by atoms with Crippen LogP contribution in [0.15, 0.2) is 39.4 Å². The molecule has 0 unspecified atom stereocenters. The molecule has 1 aliphatic heterocycles. The fourth-order valence-electron chi connectivity index (χ4n) is 2.36. The van der Waals surface area contributed by atoms with Crippen LogP contribution in [0.4, 0.5) is 5.69 Å². The molecule has 1 N–H and O–H groups in total. The third kappa shape index (κ3) is 4.82. The lowest BCUT2D eigenvalue weighted by molar-refractivity contribution is -0.148. The van der Waals surface area contributed by atoms with Crippen LogP contribution < -0.4 is 5.32 Å². The molecule has 0 spiro atoms. The largest absolute Gasteiger partial charge is 0.476 e. The van der Waals surface area contributed by atoms with E-state index in [4.69, 9.17) is 4.74 Å². The highest BCUT2D eigenvalue weighted by molar-refractivity contribution is 9.10. The SMILES string of the molecule is CC1=C(SCC(C)C)C(=O)N(C(C)(C)C(=O)Nc2cccc(Br)c2)CO1. The second-order valence-electron chi connectivity index (χ2n) is 7.12. The van der Waals surface area contributed by atoms with Gasteiger partial charge in [0.05, 0.1) is 0 Å². The van der Waals surface area contributed by atoms with E-state index >= 15 is 0 Å². The number of ether oxygens (including phenoxy) is 1. The van der Waals surface area contributed by atoms with Crippen molar-refractivity contribution in [2.75, 3.05) is 17.8 Å². The number of anilines is 1. The van der Waals surface area contributed by atoms with Gasteiger partial charge in [0, 0.05) is 15.9 Å². The number of thioether (sulfide) groups is 1. The van der Waals surface area contributed by atoms with Gasteiger partial charge in [-0.1, -0.05) is 35.8 Å². The third-order valence-electron chi connectivity index (χ3n) is 4.04. The summed E-state index contributed by atoms with van der Waals surface area (Å²) in [6, 6.07) is 7.35. The molecular weight excluding hydrogens is 416 g/mol. The van der Waals surface area contributed by atoms with E-state index in [9.17, 15) is 9.59 Å². The molecule has 0 fully saturated rings. The summed E-state index contributed by atoms with van der Waals surface area (Å²) in [5.74, 6) is 1.48. The molecule has 0 radical (unpaired) electrons. The van der Waals surface area contributed by atoms with Crippen LogP contribution in [0.1, 0.15) is 34.6 Å². The highest BCUT2D eigenvalue weighted by atomic mass is 79.9. The number of hydrogen-bond donors (Lipinski definition) is 1. The smallest absolute Gasteiger partial charge is 0.267 e. The maximum Gasteiger partial charge on any atom is 0.267 e. The Bertz CT molecular complexity index is 731. The summed E-state index contributed by atoms with van der Waals surface area (Å²) < 4.78 is 6.56. The average molecular weight is 441 g/mol. The zero-order valence-electron chi connectivity index (χ0n) is 15.8. The van der Waals surface area contributed by atoms with E-state index in [1.165, 1.54) is 16.7 Å². The quantitative estimate of drug-likeness (QED) is 0.701. The van der Waals surface area contributed by atoms with Crippen molar-refractivity contribution in [1.82, 2.24) is 4.90 Å². The minimum atomic E-state index is -1.05. The van der Waals surface area contributed by atoms with Crippen molar-refractivity contribution in [2.24, 2.45) is 5.92 Å². The lowest BCUT2D eigenvalue weighted by Crippen LogP contribution is -2.57. The highest BCUT2D eigenvalue weighted by Gasteiger charge is 2.42. The van der Waals surface area contributed by atoms with Crippen LogP contribution in [0, 0.1) is 5.92 Å². The molecule has 0 saturated heterocycles. The van der Waals surface area contributed by atoms with E-state index in [0.717, 1.165) is 10.2 Å². The molecule has 0 aromatic heterocycles. The summed E-state index contributed by atoms with van der Waals surface area (Å²) >= 11 is 4.87. The fraction of sp³-hybridized carbons (Fsp3) is 0.474. The number of carbonyl (C=O) groups is 2. The van der Waals surface area contributed by atoms with Crippen LogP contribution in [0.3, 0.4) is 0 Å². The first-order chi connectivity index (χ1) is 12.1. The molecule has 2 amide bonds. The van der Waals surface area contributed by atoms with Crippen molar-refractivity contribution >= 4 is 45.2 Å². The van der Waals surface area contributed by atoms with Crippen LogP contribution in [0.25, 0.3) is 0 Å². The van der Waals surface area contributed by atoms with Crippen molar-refractivity contribution in [1.29, 1.82) is 0 Å². The van der Waals surface area contributed by atoms with Crippen LogP contribution >= 0.6 is 27.7 Å². The van der Waals surface area contributed by atoms with Gasteiger partial charge in [0.2, 0.25) is 5.91 Å². The van der Waals surface area contributed by atoms with Gasteiger partial charge in [0.15, 0.2) is 6.73 Å². The second kappa shape index (κ2) is 8.48. The maximum atomic E-state index is 13.0. The minimum Gasteiger partial charge on any atom is -0.476 e. The Morgan fingerprint density at radius 3 is 2.73 bits per heavy atom. The molecule has 5 nitrogen and oxygen atoms in total. The first kappa shape index (κ1) is 20.8. The van der Waals surface area contributed by atoms with E-state index in [-0.39, 0.29) is 18.5 Å². The predicted octanol–water partition coefficient (Wildman–Crippen LogP) is 4.60. The van der Waals surface area contributed by atoms with Crippen molar-refractivity contribution in [2.45, 2.75) is 40.2 Å². The normalized spacial score (nSPS) is 15.3. The first-order valence-corrected chi connectivity index (χ1v) is 10.3. The molecule has 1 aliphatic rings. The van der Waals surface area contributed by atoms with Crippen molar-refractivity contribution in [3.8, 4) is 0 Å². The Hall–Kier alpha value is -1.47. The Morgan fingerprint density at radius 1 is 1.42 bits per heavy atom.